The highest BCUT2D eigenvalue weighted by molar-refractivity contribution is 5.84. The third kappa shape index (κ3) is 4.70. The minimum atomic E-state index is -0.288. The Morgan fingerprint density at radius 3 is 2.58 bits per heavy atom. The van der Waals surface area contributed by atoms with Gasteiger partial charge in [0.25, 0.3) is 0 Å². The van der Waals surface area contributed by atoms with E-state index in [1.165, 1.54) is 0 Å². The Kier molecular flexibility index (Phi) is 5.99. The quantitative estimate of drug-likeness (QED) is 0.709. The summed E-state index contributed by atoms with van der Waals surface area (Å²) in [4.78, 5) is 17.0. The zero-order valence-corrected chi connectivity index (χ0v) is 14.8. The Balaban J connectivity index is 1.80. The van der Waals surface area contributed by atoms with Crippen LogP contribution < -0.4 is 10.1 Å². The molecular formula is C22H22N2O2. The maximum atomic E-state index is 12.9. The first-order chi connectivity index (χ1) is 12.8. The molecular weight excluding hydrogens is 324 g/mol. The summed E-state index contributed by atoms with van der Waals surface area (Å²) in [5.41, 5.74) is 3.04. The highest BCUT2D eigenvalue weighted by Gasteiger charge is 2.21. The number of amides is 1. The molecule has 0 saturated carbocycles. The lowest BCUT2D eigenvalue weighted by atomic mass is 9.91. The SMILES string of the molecule is COc1cccc(C(Cc2ccccc2)C(=O)NCc2cccnc2)c1. The fourth-order valence-electron chi connectivity index (χ4n) is 2.89. The third-order valence-corrected chi connectivity index (χ3v) is 4.28. The van der Waals surface area contributed by atoms with Gasteiger partial charge in [0.1, 0.15) is 5.75 Å². The molecule has 0 fully saturated rings. The number of hydrogen-bond donors (Lipinski definition) is 1. The van der Waals surface area contributed by atoms with Crippen LogP contribution in [0.4, 0.5) is 0 Å². The van der Waals surface area contributed by atoms with Gasteiger partial charge in [-0.3, -0.25) is 9.78 Å². The molecule has 4 nitrogen and oxygen atoms in total. The van der Waals surface area contributed by atoms with E-state index in [-0.39, 0.29) is 11.8 Å². The van der Waals surface area contributed by atoms with Gasteiger partial charge in [0.2, 0.25) is 5.91 Å². The minimum absolute atomic E-state index is 0.00837. The molecule has 0 aliphatic rings. The van der Waals surface area contributed by atoms with Gasteiger partial charge in [0, 0.05) is 18.9 Å². The second-order valence-corrected chi connectivity index (χ2v) is 6.10. The van der Waals surface area contributed by atoms with E-state index in [0.717, 1.165) is 22.4 Å². The number of nitrogens with zero attached hydrogens (tertiary/aromatic N) is 1. The van der Waals surface area contributed by atoms with E-state index < -0.39 is 0 Å². The highest BCUT2D eigenvalue weighted by atomic mass is 16.5. The zero-order chi connectivity index (χ0) is 18.2. The molecule has 0 spiro atoms. The molecule has 132 valence electrons. The molecule has 3 aromatic rings. The lowest BCUT2D eigenvalue weighted by molar-refractivity contribution is -0.122. The smallest absolute Gasteiger partial charge is 0.228 e. The van der Waals surface area contributed by atoms with Gasteiger partial charge < -0.3 is 10.1 Å². The molecule has 26 heavy (non-hydrogen) atoms. The molecule has 0 saturated heterocycles. The fraction of sp³-hybridized carbons (Fsp3) is 0.182. The Hall–Kier alpha value is -3.14. The Bertz CT molecular complexity index is 835. The van der Waals surface area contributed by atoms with Crippen LogP contribution in [0.5, 0.6) is 5.75 Å². The van der Waals surface area contributed by atoms with Crippen LogP contribution in [0, 0.1) is 0 Å². The lowest BCUT2D eigenvalue weighted by Gasteiger charge is -2.18. The van der Waals surface area contributed by atoms with Gasteiger partial charge in [-0.15, -0.1) is 0 Å². The van der Waals surface area contributed by atoms with Crippen molar-refractivity contribution in [2.24, 2.45) is 0 Å². The average Bonchev–Trinajstić information content (AvgIpc) is 2.72. The Labute approximate surface area is 153 Å². The lowest BCUT2D eigenvalue weighted by Crippen LogP contribution is -2.30. The molecule has 1 N–H and O–H groups in total. The number of carbonyl (C=O) groups excluding carboxylic acids is 1. The van der Waals surface area contributed by atoms with Crippen molar-refractivity contribution in [2.45, 2.75) is 18.9 Å². The molecule has 2 aromatic carbocycles. The summed E-state index contributed by atoms with van der Waals surface area (Å²) in [6.07, 6.45) is 4.12. The van der Waals surface area contributed by atoms with Crippen LogP contribution in [0.15, 0.2) is 79.1 Å². The minimum Gasteiger partial charge on any atom is -0.497 e. The number of benzene rings is 2. The van der Waals surface area contributed by atoms with E-state index in [9.17, 15) is 4.79 Å². The Morgan fingerprint density at radius 2 is 1.85 bits per heavy atom. The number of aromatic nitrogens is 1. The van der Waals surface area contributed by atoms with E-state index in [0.29, 0.717) is 13.0 Å². The first-order valence-corrected chi connectivity index (χ1v) is 8.61. The molecule has 0 radical (unpaired) electrons. The second kappa shape index (κ2) is 8.81. The molecule has 0 bridgehead atoms. The summed E-state index contributed by atoms with van der Waals surface area (Å²) in [6.45, 7) is 0.460. The Morgan fingerprint density at radius 1 is 1.04 bits per heavy atom. The molecule has 1 atom stereocenters. The maximum absolute atomic E-state index is 12.9. The summed E-state index contributed by atoms with van der Waals surface area (Å²) in [5.74, 6) is 0.454. The van der Waals surface area contributed by atoms with Gasteiger partial charge in [-0.25, -0.2) is 0 Å². The molecule has 1 amide bonds. The largest absolute Gasteiger partial charge is 0.497 e. The van der Waals surface area contributed by atoms with Crippen molar-refractivity contribution in [3.8, 4) is 5.75 Å². The van der Waals surface area contributed by atoms with Crippen LogP contribution in [-0.2, 0) is 17.8 Å². The highest BCUT2D eigenvalue weighted by Crippen LogP contribution is 2.25. The zero-order valence-electron chi connectivity index (χ0n) is 14.8. The summed E-state index contributed by atoms with van der Waals surface area (Å²) >= 11 is 0. The molecule has 0 aliphatic heterocycles. The van der Waals surface area contributed by atoms with E-state index in [4.69, 9.17) is 4.74 Å². The van der Waals surface area contributed by atoms with E-state index >= 15 is 0 Å². The van der Waals surface area contributed by atoms with Gasteiger partial charge in [0.05, 0.1) is 13.0 Å². The van der Waals surface area contributed by atoms with Crippen molar-refractivity contribution in [3.63, 3.8) is 0 Å². The van der Waals surface area contributed by atoms with Crippen LogP contribution in [0.3, 0.4) is 0 Å². The van der Waals surface area contributed by atoms with Crippen molar-refractivity contribution in [2.75, 3.05) is 7.11 Å². The van der Waals surface area contributed by atoms with Crippen molar-refractivity contribution in [3.05, 3.63) is 95.8 Å². The van der Waals surface area contributed by atoms with Crippen molar-refractivity contribution in [1.82, 2.24) is 10.3 Å². The summed E-state index contributed by atoms with van der Waals surface area (Å²) in [7, 11) is 1.63. The van der Waals surface area contributed by atoms with Crippen molar-refractivity contribution >= 4 is 5.91 Å². The molecule has 1 unspecified atom stereocenters. The topological polar surface area (TPSA) is 51.2 Å². The first-order valence-electron chi connectivity index (χ1n) is 8.61. The number of nitrogens with one attached hydrogen (secondary N) is 1. The van der Waals surface area contributed by atoms with E-state index in [2.05, 4.69) is 10.3 Å². The second-order valence-electron chi connectivity index (χ2n) is 6.10. The number of methoxy groups -OCH3 is 1. The van der Waals surface area contributed by atoms with Gasteiger partial charge in [-0.05, 0) is 41.3 Å². The molecule has 1 aromatic heterocycles. The van der Waals surface area contributed by atoms with Gasteiger partial charge in [-0.1, -0.05) is 48.5 Å². The van der Waals surface area contributed by atoms with Crippen LogP contribution >= 0.6 is 0 Å². The monoisotopic (exact) mass is 346 g/mol. The summed E-state index contributed by atoms with van der Waals surface area (Å²) in [6, 6.07) is 21.6. The number of rotatable bonds is 7. The maximum Gasteiger partial charge on any atom is 0.228 e. The van der Waals surface area contributed by atoms with E-state index in [1.54, 1.807) is 19.5 Å². The van der Waals surface area contributed by atoms with Crippen LogP contribution in [0.25, 0.3) is 0 Å². The van der Waals surface area contributed by atoms with Crippen molar-refractivity contribution < 1.29 is 9.53 Å². The predicted octanol–water partition coefficient (Wildman–Crippen LogP) is 3.73. The van der Waals surface area contributed by atoms with Crippen LogP contribution in [0.2, 0.25) is 0 Å². The number of carbonyl (C=O) groups is 1. The molecule has 4 heteroatoms. The van der Waals surface area contributed by atoms with Crippen LogP contribution in [-0.4, -0.2) is 18.0 Å². The van der Waals surface area contributed by atoms with Gasteiger partial charge in [-0.2, -0.15) is 0 Å². The fourth-order valence-corrected chi connectivity index (χ4v) is 2.89. The number of hydrogen-bond acceptors (Lipinski definition) is 3. The number of ether oxygens (including phenoxy) is 1. The van der Waals surface area contributed by atoms with Crippen molar-refractivity contribution in [1.29, 1.82) is 0 Å². The molecule has 0 aliphatic carbocycles. The number of pyridine rings is 1. The third-order valence-electron chi connectivity index (χ3n) is 4.28. The first kappa shape index (κ1) is 17.7. The predicted molar refractivity (Wildman–Crippen MR) is 102 cm³/mol. The average molecular weight is 346 g/mol. The van der Waals surface area contributed by atoms with Gasteiger partial charge in [0.15, 0.2) is 0 Å². The summed E-state index contributed by atoms with van der Waals surface area (Å²) < 4.78 is 5.32. The normalized spacial score (nSPS) is 11.6. The molecule has 1 heterocycles. The van der Waals surface area contributed by atoms with Crippen LogP contribution in [0.1, 0.15) is 22.6 Å². The summed E-state index contributed by atoms with van der Waals surface area (Å²) in [5, 5.41) is 3.04. The van der Waals surface area contributed by atoms with Gasteiger partial charge >= 0.3 is 0 Å². The molecule has 3 rings (SSSR count). The van der Waals surface area contributed by atoms with E-state index in [1.807, 2.05) is 66.7 Å². The standard InChI is InChI=1S/C22H22N2O2/c1-26-20-11-5-10-19(14-20)21(13-17-7-3-2-4-8-17)22(25)24-16-18-9-6-12-23-15-18/h2-12,14-15,21H,13,16H2,1H3,(H,24,25).